The fraction of sp³-hybridized carbons (Fsp3) is 1.00. The van der Waals surface area contributed by atoms with Gasteiger partial charge in [-0.3, -0.25) is 0 Å². The predicted molar refractivity (Wildman–Crippen MR) is 255 cm³/mol. The molecule has 2 aliphatic heterocycles. The van der Waals surface area contributed by atoms with Gasteiger partial charge in [-0.05, 0) is 88.9 Å². The highest BCUT2D eigenvalue weighted by molar-refractivity contribution is 6.91. The summed E-state index contributed by atoms with van der Waals surface area (Å²) in [6.07, 6.45) is -36.7. The largest absolute Gasteiger partial charge is 0.460 e. The molecule has 0 spiro atoms. The van der Waals surface area contributed by atoms with Crippen molar-refractivity contribution in [2.75, 3.05) is 39.6 Å². The summed E-state index contributed by atoms with van der Waals surface area (Å²) in [4.78, 5) is 0. The standard InChI is InChI=1S/C43H55F39O8Si5/c1-91(2,15-8-13-83-20-24-22-85-24)87-93(5,17-10-26(44,45)29(50,51)32(56,57)35(62,63)38(68,69)41(74,75)76)89-95(7,19-12-28(48,49)31(54,55)34(60,61)37(66,67)40(72,73)43(80,81)82)90-94(6,88-92(3,4)16-9-14-84-21-25-23-86-25)18-11-27(46,47)30(52,53)33(58,59)36(64,65)39(70,71)42(77,78)79/h24-25H,8-23H2,1-7H3. The molecule has 2 fully saturated rings. The van der Waals surface area contributed by atoms with E-state index in [1.54, 1.807) is 0 Å². The van der Waals surface area contributed by atoms with Crippen molar-refractivity contribution in [2.24, 2.45) is 0 Å². The van der Waals surface area contributed by atoms with Crippen LogP contribution in [-0.2, 0) is 35.4 Å². The molecule has 95 heavy (non-hydrogen) atoms. The Hall–Kier alpha value is -1.97. The molecule has 0 aromatic heterocycles. The molecule has 568 valence electrons. The molecule has 2 rings (SSSR count). The number of hydrogen-bond acceptors (Lipinski definition) is 8. The summed E-state index contributed by atoms with van der Waals surface area (Å²) in [5.41, 5.74) is 0. The first-order chi connectivity index (χ1) is 41.4. The van der Waals surface area contributed by atoms with Crippen LogP contribution in [0, 0.1) is 0 Å². The number of halogens is 39. The van der Waals surface area contributed by atoms with Crippen molar-refractivity contribution >= 4 is 42.3 Å². The number of alkyl halides is 39. The van der Waals surface area contributed by atoms with Gasteiger partial charge < -0.3 is 35.4 Å². The third-order valence-corrected chi connectivity index (χ3v) is 35.4. The molecule has 0 radical (unpaired) electrons. The van der Waals surface area contributed by atoms with Gasteiger partial charge in [0, 0.05) is 32.5 Å². The monoisotopic (exact) mass is 1580 g/mol. The van der Waals surface area contributed by atoms with Crippen molar-refractivity contribution in [3.63, 3.8) is 0 Å². The second kappa shape index (κ2) is 27.7. The molecular weight excluding hydrogens is 1530 g/mol. The Labute approximate surface area is 515 Å². The first-order valence-electron chi connectivity index (χ1n) is 26.4. The van der Waals surface area contributed by atoms with Crippen molar-refractivity contribution in [3.8, 4) is 0 Å². The molecule has 0 aliphatic carbocycles. The smallest absolute Gasteiger partial charge is 0.436 e. The number of hydrogen-bond donors (Lipinski definition) is 0. The summed E-state index contributed by atoms with van der Waals surface area (Å²) in [6, 6.07) is -9.35. The van der Waals surface area contributed by atoms with Crippen LogP contribution in [0.3, 0.4) is 0 Å². The molecule has 8 nitrogen and oxygen atoms in total. The fourth-order valence-corrected chi connectivity index (χ4v) is 34.4. The molecule has 0 aromatic rings. The molecule has 0 N–H and O–H groups in total. The van der Waals surface area contributed by atoms with Gasteiger partial charge in [0.1, 0.15) is 12.2 Å². The second-order valence-electron chi connectivity index (χ2n) is 23.6. The highest BCUT2D eigenvalue weighted by atomic mass is 28.5. The van der Waals surface area contributed by atoms with Gasteiger partial charge in [0.15, 0.2) is 16.6 Å². The van der Waals surface area contributed by atoms with Crippen LogP contribution in [0.15, 0.2) is 0 Å². The Balaban J connectivity index is 3.21. The summed E-state index contributed by atoms with van der Waals surface area (Å²) < 4.78 is 603. The van der Waals surface area contributed by atoms with Crippen molar-refractivity contribution in [2.45, 2.75) is 228 Å². The SMILES string of the molecule is C[Si](C)(CCCOCC1CO1)O[Si](C)(CCC(F)(F)C(F)(F)C(F)(F)C(F)(F)C(F)(F)C(F)(F)F)O[Si](C)(CCC(F)(F)C(F)(F)C(F)(F)C(F)(F)C(F)(F)C(F)(F)F)O[Si](C)(CCC(F)(F)C(F)(F)C(F)(F)C(F)(F)C(F)(F)C(F)(F)F)O[Si](C)(C)CCCOCC1CO1. The molecule has 2 aliphatic rings. The van der Waals surface area contributed by atoms with Gasteiger partial charge in [0.05, 0.1) is 26.4 Å². The van der Waals surface area contributed by atoms with Gasteiger partial charge >= 0.3 is 133 Å². The van der Waals surface area contributed by atoms with Crippen LogP contribution in [0.25, 0.3) is 0 Å². The van der Waals surface area contributed by atoms with Gasteiger partial charge in [-0.1, -0.05) is 0 Å². The summed E-state index contributed by atoms with van der Waals surface area (Å²) >= 11 is 0. The van der Waals surface area contributed by atoms with E-state index < -0.39 is 237 Å². The van der Waals surface area contributed by atoms with Gasteiger partial charge in [0.25, 0.3) is 0 Å². The zero-order valence-corrected chi connectivity index (χ0v) is 54.0. The van der Waals surface area contributed by atoms with Crippen molar-refractivity contribution in [3.05, 3.63) is 0 Å². The van der Waals surface area contributed by atoms with Crippen LogP contribution in [0.5, 0.6) is 0 Å². The lowest BCUT2D eigenvalue weighted by atomic mass is 9.93. The van der Waals surface area contributed by atoms with Crippen LogP contribution < -0.4 is 0 Å². The predicted octanol–water partition coefficient (Wildman–Crippen LogP) is 18.7. The van der Waals surface area contributed by atoms with Gasteiger partial charge in [-0.15, -0.1) is 0 Å². The van der Waals surface area contributed by atoms with Crippen LogP contribution in [0.4, 0.5) is 171 Å². The quantitative estimate of drug-likeness (QED) is 0.0259. The van der Waals surface area contributed by atoms with Gasteiger partial charge in [-0.2, -0.15) is 171 Å². The fourth-order valence-electron chi connectivity index (χ4n) is 8.54. The van der Waals surface area contributed by atoms with Crippen LogP contribution in [0.2, 0.25) is 76.0 Å². The number of rotatable bonds is 41. The van der Waals surface area contributed by atoms with E-state index in [1.807, 2.05) is 0 Å². The Morgan fingerprint density at radius 1 is 0.274 bits per heavy atom. The zero-order valence-electron chi connectivity index (χ0n) is 49.0. The van der Waals surface area contributed by atoms with E-state index in [0.717, 1.165) is 26.2 Å². The van der Waals surface area contributed by atoms with E-state index in [-0.39, 0.29) is 46.1 Å². The molecule has 4 unspecified atom stereocenters. The van der Waals surface area contributed by atoms with Crippen LogP contribution >= 0.6 is 0 Å². The second-order valence-corrected chi connectivity index (χ2v) is 43.2. The first kappa shape index (κ1) is 89.1. The average molecular weight is 1580 g/mol. The third-order valence-electron chi connectivity index (χ3n) is 14.1. The molecule has 0 bridgehead atoms. The van der Waals surface area contributed by atoms with E-state index in [2.05, 4.69) is 0 Å². The van der Waals surface area contributed by atoms with Gasteiger partial charge in [0.2, 0.25) is 0 Å². The van der Waals surface area contributed by atoms with E-state index in [9.17, 15) is 119 Å². The van der Waals surface area contributed by atoms with Crippen molar-refractivity contribution in [1.82, 2.24) is 0 Å². The molecule has 4 atom stereocenters. The Kier molecular flexibility index (Phi) is 26.0. The minimum Gasteiger partial charge on any atom is -0.436 e. The van der Waals surface area contributed by atoms with Crippen molar-refractivity contribution in [1.29, 1.82) is 0 Å². The minimum atomic E-state index is -8.73. The zero-order chi connectivity index (χ0) is 75.6. The molecule has 52 heteroatoms. The minimum absolute atomic E-state index is 0.0372. The molecule has 2 heterocycles. The Morgan fingerprint density at radius 2 is 0.463 bits per heavy atom. The molecule has 0 saturated carbocycles. The number of epoxide rings is 2. The highest BCUT2D eigenvalue weighted by Gasteiger charge is 2.93. The first-order valence-corrected chi connectivity index (χ1v) is 40.2. The van der Waals surface area contributed by atoms with E-state index in [1.165, 1.54) is 0 Å². The lowest BCUT2D eigenvalue weighted by Crippen LogP contribution is -2.70. The molecule has 2 saturated heterocycles. The van der Waals surface area contributed by atoms with E-state index in [0.29, 0.717) is 0 Å². The highest BCUT2D eigenvalue weighted by Crippen LogP contribution is 2.65. The molecular formula is C43H55F39O8Si5. The average Bonchev–Trinajstić information content (AvgIpc) is 1.11. The summed E-state index contributed by atoms with van der Waals surface area (Å²) in [6.45, 7) is 2.02. The Bertz CT molecular complexity index is 2400. The van der Waals surface area contributed by atoms with E-state index in [4.69, 9.17) is 35.4 Å². The van der Waals surface area contributed by atoms with Gasteiger partial charge in [-0.25, -0.2) is 0 Å². The molecule has 0 aromatic carbocycles. The number of ether oxygens (including phenoxy) is 4. The molecule has 0 amide bonds. The topological polar surface area (TPSA) is 80.4 Å². The lowest BCUT2D eigenvalue weighted by molar-refractivity contribution is -0.440. The van der Waals surface area contributed by atoms with E-state index >= 15 is 52.7 Å². The summed E-state index contributed by atoms with van der Waals surface area (Å²) in [7, 11) is -28.1. The normalized spacial score (nSPS) is 20.4. The summed E-state index contributed by atoms with van der Waals surface area (Å²) in [5, 5.41) is 0. The van der Waals surface area contributed by atoms with Crippen LogP contribution in [-0.4, -0.2) is 202 Å². The van der Waals surface area contributed by atoms with Crippen LogP contribution in [0.1, 0.15) is 32.1 Å². The third kappa shape index (κ3) is 18.3. The lowest BCUT2D eigenvalue weighted by Gasteiger charge is -2.47. The maximum Gasteiger partial charge on any atom is 0.460 e. The summed E-state index contributed by atoms with van der Waals surface area (Å²) in [5.74, 6) is -124. The maximum atomic E-state index is 15.8. The maximum absolute atomic E-state index is 15.8. The van der Waals surface area contributed by atoms with Crippen molar-refractivity contribution < 1.29 is 207 Å². The Morgan fingerprint density at radius 3 is 0.653 bits per heavy atom.